The zero-order valence-electron chi connectivity index (χ0n) is 18.0. The van der Waals surface area contributed by atoms with E-state index < -0.39 is 32.7 Å². The fraction of sp³-hybridized carbons (Fsp3) is 0.0400. The monoisotopic (exact) mass is 474 g/mol. The molecule has 35 heavy (non-hydrogen) atoms. The van der Waals surface area contributed by atoms with Gasteiger partial charge in [-0.3, -0.25) is 20.2 Å². The summed E-state index contributed by atoms with van der Waals surface area (Å²) in [5, 5.41) is 41.0. The molecular formula is C25H18N2O8. The van der Waals surface area contributed by atoms with Gasteiger partial charge in [-0.15, -0.1) is 0 Å². The summed E-state index contributed by atoms with van der Waals surface area (Å²) >= 11 is 0. The molecule has 10 heteroatoms. The van der Waals surface area contributed by atoms with Gasteiger partial charge in [0.25, 0.3) is 0 Å². The molecule has 10 nitrogen and oxygen atoms in total. The Balaban J connectivity index is 1.36. The Morgan fingerprint density at radius 2 is 0.914 bits per heavy atom. The van der Waals surface area contributed by atoms with Gasteiger partial charge in [0, 0.05) is 24.3 Å². The van der Waals surface area contributed by atoms with Crippen LogP contribution in [0.1, 0.15) is 11.1 Å². The van der Waals surface area contributed by atoms with E-state index in [-0.39, 0.29) is 11.5 Å². The topological polar surface area (TPSA) is 145 Å². The molecule has 0 amide bonds. The average molecular weight is 474 g/mol. The third-order valence-electron chi connectivity index (χ3n) is 5.01. The summed E-state index contributed by atoms with van der Waals surface area (Å²) in [6.07, 6.45) is 0.636. The quantitative estimate of drug-likeness (QED) is 0.230. The molecule has 0 heterocycles. The highest BCUT2D eigenvalue weighted by molar-refractivity contribution is 5.51. The Kier molecular flexibility index (Phi) is 6.45. The van der Waals surface area contributed by atoms with Crippen LogP contribution >= 0.6 is 0 Å². The van der Waals surface area contributed by atoms with Gasteiger partial charge in [-0.2, -0.15) is 0 Å². The first kappa shape index (κ1) is 23.1. The van der Waals surface area contributed by atoms with Crippen LogP contribution < -0.4 is 9.47 Å². The van der Waals surface area contributed by atoms with E-state index in [9.17, 15) is 30.4 Å². The molecule has 0 saturated carbocycles. The fourth-order valence-corrected chi connectivity index (χ4v) is 3.30. The average Bonchev–Trinajstić information content (AvgIpc) is 2.81. The van der Waals surface area contributed by atoms with Gasteiger partial charge in [0.1, 0.15) is 23.0 Å². The molecule has 0 atom stereocenters. The van der Waals surface area contributed by atoms with Gasteiger partial charge in [-0.1, -0.05) is 24.3 Å². The first-order valence-corrected chi connectivity index (χ1v) is 10.3. The zero-order chi connectivity index (χ0) is 24.9. The van der Waals surface area contributed by atoms with Crippen LogP contribution in [0.15, 0.2) is 84.9 Å². The molecule has 0 spiro atoms. The van der Waals surface area contributed by atoms with Gasteiger partial charge >= 0.3 is 11.4 Å². The maximum atomic E-state index is 10.8. The lowest BCUT2D eigenvalue weighted by atomic mass is 10.0. The smallest absolute Gasteiger partial charge is 0.310 e. The van der Waals surface area contributed by atoms with Crippen molar-refractivity contribution in [2.75, 3.05) is 0 Å². The van der Waals surface area contributed by atoms with Gasteiger partial charge in [0.2, 0.25) is 0 Å². The molecule has 0 radical (unpaired) electrons. The van der Waals surface area contributed by atoms with Crippen molar-refractivity contribution in [1.29, 1.82) is 0 Å². The Morgan fingerprint density at radius 1 is 0.571 bits per heavy atom. The first-order chi connectivity index (χ1) is 16.8. The predicted octanol–water partition coefficient (Wildman–Crippen LogP) is 6.09. The van der Waals surface area contributed by atoms with Gasteiger partial charge in [-0.05, 0) is 53.9 Å². The number of hydrogen-bond acceptors (Lipinski definition) is 8. The van der Waals surface area contributed by atoms with E-state index in [4.69, 9.17) is 9.47 Å². The zero-order valence-corrected chi connectivity index (χ0v) is 18.0. The molecule has 0 unspecified atom stereocenters. The Labute approximate surface area is 198 Å². The van der Waals surface area contributed by atoms with E-state index in [0.717, 1.165) is 11.1 Å². The highest BCUT2D eigenvalue weighted by atomic mass is 16.6. The molecule has 0 aliphatic rings. The van der Waals surface area contributed by atoms with Crippen LogP contribution in [0.25, 0.3) is 0 Å². The van der Waals surface area contributed by atoms with Crippen LogP contribution in [0.2, 0.25) is 0 Å². The van der Waals surface area contributed by atoms with E-state index in [1.165, 1.54) is 36.4 Å². The van der Waals surface area contributed by atoms with Crippen LogP contribution in [0.4, 0.5) is 11.4 Å². The molecule has 2 N–H and O–H groups in total. The van der Waals surface area contributed by atoms with Crippen molar-refractivity contribution in [2.45, 2.75) is 6.42 Å². The third-order valence-corrected chi connectivity index (χ3v) is 5.01. The van der Waals surface area contributed by atoms with Crippen molar-refractivity contribution in [3.05, 3.63) is 116 Å². The minimum atomic E-state index is -0.674. The molecule has 0 aliphatic carbocycles. The summed E-state index contributed by atoms with van der Waals surface area (Å²) in [6.45, 7) is 0. The van der Waals surface area contributed by atoms with E-state index in [1.54, 1.807) is 24.3 Å². The molecule has 176 valence electrons. The van der Waals surface area contributed by atoms with Gasteiger partial charge in [0.05, 0.1) is 9.85 Å². The number of phenols is 2. The highest BCUT2D eigenvalue weighted by Crippen LogP contribution is 2.33. The largest absolute Gasteiger partial charge is 0.502 e. The number of nitro benzene ring substituents is 2. The second-order valence-electron chi connectivity index (χ2n) is 7.48. The SMILES string of the molecule is O=[N+]([O-])c1ccc(Oc2ccc(Cc3ccc(Oc4ccc([N+](=O)[O-])c(O)c4)cc3)cc2)cc1O. The molecule has 4 aromatic rings. The normalized spacial score (nSPS) is 10.5. The lowest BCUT2D eigenvalue weighted by Gasteiger charge is -2.09. The number of aromatic hydroxyl groups is 2. The van der Waals surface area contributed by atoms with E-state index in [2.05, 4.69) is 0 Å². The number of ether oxygens (including phenoxy) is 2. The van der Waals surface area contributed by atoms with Crippen LogP contribution in [0.3, 0.4) is 0 Å². The summed E-state index contributed by atoms with van der Waals surface area (Å²) < 4.78 is 11.3. The van der Waals surface area contributed by atoms with Crippen LogP contribution in [0, 0.1) is 20.2 Å². The Hall–Kier alpha value is -5.12. The van der Waals surface area contributed by atoms with E-state index >= 15 is 0 Å². The van der Waals surface area contributed by atoms with Crippen molar-refractivity contribution < 1.29 is 29.5 Å². The number of nitrogens with zero attached hydrogens (tertiary/aromatic N) is 2. The van der Waals surface area contributed by atoms with Crippen molar-refractivity contribution >= 4 is 11.4 Å². The summed E-state index contributed by atoms with van der Waals surface area (Å²) in [5.41, 5.74) is 1.24. The van der Waals surface area contributed by atoms with Crippen molar-refractivity contribution in [3.8, 4) is 34.5 Å². The summed E-state index contributed by atoms with van der Waals surface area (Å²) in [7, 11) is 0. The lowest BCUT2D eigenvalue weighted by molar-refractivity contribution is -0.386. The highest BCUT2D eigenvalue weighted by Gasteiger charge is 2.15. The van der Waals surface area contributed by atoms with Crippen molar-refractivity contribution in [3.63, 3.8) is 0 Å². The maximum absolute atomic E-state index is 10.8. The van der Waals surface area contributed by atoms with Crippen molar-refractivity contribution in [2.24, 2.45) is 0 Å². The van der Waals surface area contributed by atoms with Gasteiger partial charge < -0.3 is 19.7 Å². The fourth-order valence-electron chi connectivity index (χ4n) is 3.30. The number of hydrogen-bond donors (Lipinski definition) is 2. The van der Waals surface area contributed by atoms with E-state index in [0.29, 0.717) is 17.9 Å². The molecule has 0 saturated heterocycles. The number of benzene rings is 4. The van der Waals surface area contributed by atoms with Gasteiger partial charge in [-0.25, -0.2) is 0 Å². The molecule has 0 fully saturated rings. The van der Waals surface area contributed by atoms with Gasteiger partial charge in [0.15, 0.2) is 11.5 Å². The molecule has 4 aromatic carbocycles. The maximum Gasteiger partial charge on any atom is 0.310 e. The molecule has 0 aromatic heterocycles. The lowest BCUT2D eigenvalue weighted by Crippen LogP contribution is -1.92. The molecular weight excluding hydrogens is 456 g/mol. The third kappa shape index (κ3) is 5.63. The number of rotatable bonds is 8. The minimum absolute atomic E-state index is 0.276. The second-order valence-corrected chi connectivity index (χ2v) is 7.48. The standard InChI is InChI=1S/C25H18N2O8/c28-24-14-20(9-11-22(24)26(30)31)34-18-5-1-16(2-6-18)13-17-3-7-19(8-4-17)35-21-10-12-23(27(32)33)25(29)15-21/h1-12,14-15,28-29H,13H2. The Morgan fingerprint density at radius 3 is 1.23 bits per heavy atom. The summed E-state index contributed by atoms with van der Waals surface area (Å²) in [5.74, 6) is 0.633. The first-order valence-electron chi connectivity index (χ1n) is 10.3. The molecule has 4 rings (SSSR count). The summed E-state index contributed by atoms with van der Waals surface area (Å²) in [4.78, 5) is 20.2. The summed E-state index contributed by atoms with van der Waals surface area (Å²) in [6, 6.07) is 22.1. The van der Waals surface area contributed by atoms with Crippen molar-refractivity contribution in [1.82, 2.24) is 0 Å². The minimum Gasteiger partial charge on any atom is -0.502 e. The van der Waals surface area contributed by atoms with Crippen LogP contribution in [-0.2, 0) is 6.42 Å². The Bertz CT molecular complexity index is 1280. The number of phenolic OH excluding ortho intramolecular Hbond substituents is 2. The van der Waals surface area contributed by atoms with E-state index in [1.807, 2.05) is 24.3 Å². The molecule has 0 bridgehead atoms. The van der Waals surface area contributed by atoms with Crippen LogP contribution in [-0.4, -0.2) is 20.1 Å². The molecule has 0 aliphatic heterocycles. The predicted molar refractivity (Wildman–Crippen MR) is 125 cm³/mol. The number of nitro groups is 2. The van der Waals surface area contributed by atoms with Crippen LogP contribution in [0.5, 0.6) is 34.5 Å². The second kappa shape index (κ2) is 9.79.